The summed E-state index contributed by atoms with van der Waals surface area (Å²) in [5.74, 6) is 3.10. The number of terminal acetylenes is 2. The van der Waals surface area contributed by atoms with Gasteiger partial charge in [-0.2, -0.15) is 0 Å². The monoisotopic (exact) mass is 1070 g/mol. The van der Waals surface area contributed by atoms with Gasteiger partial charge in [-0.15, -0.1) is 47.4 Å². The third kappa shape index (κ3) is 20.2. The predicted octanol–water partition coefficient (Wildman–Crippen LogP) is 8.47. The number of hydrogen-bond acceptors (Lipinski definition) is 13. The van der Waals surface area contributed by atoms with Crippen LogP contribution in [0.2, 0.25) is 0 Å². The number of hydrogen-bond donors (Lipinski definition) is 5. The molecule has 4 aromatic rings. The Morgan fingerprint density at radius 2 is 1.11 bits per heavy atom. The number of carbonyl (C=O) groups is 6. The summed E-state index contributed by atoms with van der Waals surface area (Å²) in [5.41, 5.74) is 20.5. The molecule has 0 unspecified atom stereocenters. The minimum Gasteiger partial charge on any atom is -0.481 e. The second-order valence-corrected chi connectivity index (χ2v) is 23.3. The number of nitrogens with two attached hydrogens (primary N) is 2. The fourth-order valence-corrected chi connectivity index (χ4v) is 10.1. The summed E-state index contributed by atoms with van der Waals surface area (Å²) in [7, 11) is 0. The van der Waals surface area contributed by atoms with Gasteiger partial charge in [0.05, 0.1) is 68.9 Å². The Kier molecular flexibility index (Phi) is 24.7. The lowest BCUT2D eigenvalue weighted by molar-refractivity contribution is -0.140. The Bertz CT molecular complexity index is 2590. The molecule has 2 aliphatic rings. The van der Waals surface area contributed by atoms with Gasteiger partial charge in [-0.25, -0.2) is 9.97 Å². The number of nitrogens with zero attached hydrogens (tertiary/aromatic N) is 4. The number of rotatable bonds is 16. The molecule has 0 radical (unpaired) electrons. The van der Waals surface area contributed by atoms with Crippen molar-refractivity contribution < 1.29 is 44.1 Å². The maximum Gasteiger partial charge on any atom is 0.304 e. The second-order valence-electron chi connectivity index (χ2n) is 21.6. The molecule has 2 fully saturated rings. The number of aliphatic carboxylic acids is 1. The molecule has 17 heteroatoms. The van der Waals surface area contributed by atoms with E-state index in [0.29, 0.717) is 44.9 Å². The van der Waals surface area contributed by atoms with Crippen molar-refractivity contribution in [2.24, 2.45) is 22.3 Å². The molecule has 0 spiro atoms. The van der Waals surface area contributed by atoms with Crippen molar-refractivity contribution in [1.82, 2.24) is 19.8 Å². The number of carboxylic acids is 1. The molecule has 75 heavy (non-hydrogen) atoms. The minimum atomic E-state index is -0.835. The first-order valence-electron chi connectivity index (χ1n) is 25.2. The average molecular weight is 1070 g/mol. The van der Waals surface area contributed by atoms with E-state index in [1.807, 2.05) is 92.4 Å². The van der Waals surface area contributed by atoms with E-state index in [0.717, 1.165) is 38.5 Å². The van der Waals surface area contributed by atoms with Gasteiger partial charge in [0.25, 0.3) is 0 Å². The SMILES string of the molecule is C#CCCC(=O)O.C#CCCC(N)=O.Cc1ncsc1-c1ccc([C@H](C)CC(=O)[C@@H]2C[C@@H](O)CN2C(=O)CC(C)(C)C)cc1.Cc1ncsc1-c1ccc([C@H](C)CC(=O)[C@@H]2C[C@@H](O)CN2C(=O)[C@@H](N)C(C)(C)C)cc1. The third-order valence-corrected chi connectivity index (χ3v) is 14.7. The smallest absolute Gasteiger partial charge is 0.304 e. The van der Waals surface area contributed by atoms with Gasteiger partial charge in [0.15, 0.2) is 11.6 Å². The molecule has 0 saturated carbocycles. The van der Waals surface area contributed by atoms with E-state index >= 15 is 0 Å². The lowest BCUT2D eigenvalue weighted by Crippen LogP contribution is -2.53. The van der Waals surface area contributed by atoms with Gasteiger partial charge in [-0.1, -0.05) is 104 Å². The number of aryl methyl sites for hydroxylation is 2. The molecular weight excluding hydrogens is 989 g/mol. The Labute approximate surface area is 451 Å². The van der Waals surface area contributed by atoms with Crippen LogP contribution < -0.4 is 11.5 Å². The Balaban J connectivity index is 0.000000315. The lowest BCUT2D eigenvalue weighted by Gasteiger charge is -2.32. The van der Waals surface area contributed by atoms with E-state index < -0.39 is 41.7 Å². The minimum absolute atomic E-state index is 0.00934. The van der Waals surface area contributed by atoms with Gasteiger partial charge in [0, 0.05) is 64.5 Å². The second kappa shape index (κ2) is 29.3. The number of carboxylic acid groups (broad SMARTS) is 1. The van der Waals surface area contributed by atoms with Crippen LogP contribution >= 0.6 is 22.7 Å². The van der Waals surface area contributed by atoms with Crippen molar-refractivity contribution in [2.75, 3.05) is 13.1 Å². The predicted molar refractivity (Wildman–Crippen MR) is 297 cm³/mol. The zero-order valence-electron chi connectivity index (χ0n) is 45.3. The molecule has 3 amide bonds. The van der Waals surface area contributed by atoms with E-state index in [9.17, 15) is 39.0 Å². The highest BCUT2D eigenvalue weighted by Crippen LogP contribution is 2.34. The lowest BCUT2D eigenvalue weighted by atomic mass is 9.86. The molecule has 0 aliphatic carbocycles. The van der Waals surface area contributed by atoms with Gasteiger partial charge < -0.3 is 36.6 Å². The standard InChI is InChI=1S/C24H33N3O3S.C24H32N2O3S.C5H7NO.C5H6O2/c1-14(16-6-8-17(9-7-16)21-15(2)26-13-31-21)10-20(29)19-11-18(28)12-27(19)23(30)22(25)24(3,4)5;1-15(17-6-8-18(9-7-17)23-16(2)25-14-30-23)10-21(28)20-11-19(27)13-26(20)22(29)12-24(3,4)5;2*1-2-3-4-5(6)7/h6-9,13-14,18-19,22,28H,10-12,25H2,1-5H3;6-9,14-15,19-20,27H,10-13H2,1-5H3;1H,3-4H2,(H2,6,7);1H,3-4H2,(H,6,7)/t14-,18-,19+,22-;15-,19-,20+;;/m11../s1. The molecule has 406 valence electrons. The van der Waals surface area contributed by atoms with Crippen molar-refractivity contribution in [3.05, 3.63) is 82.1 Å². The van der Waals surface area contributed by atoms with E-state index in [1.54, 1.807) is 27.6 Å². The first-order valence-corrected chi connectivity index (χ1v) is 27.0. The number of amides is 3. The van der Waals surface area contributed by atoms with Crippen LogP contribution in [0.5, 0.6) is 0 Å². The number of primary amides is 1. The number of likely N-dealkylation sites (tertiary alicyclic amines) is 2. The number of benzene rings is 2. The maximum atomic E-state index is 13.1. The number of Topliss-reactive ketones (excluding diaryl/α,β-unsaturated/α-hetero) is 2. The summed E-state index contributed by atoms with van der Waals surface area (Å²) >= 11 is 3.24. The molecule has 7 atom stereocenters. The van der Waals surface area contributed by atoms with Crippen molar-refractivity contribution in [3.8, 4) is 45.6 Å². The molecule has 6 rings (SSSR count). The molecule has 2 aromatic heterocycles. The number of carbonyl (C=O) groups excluding carboxylic acids is 5. The van der Waals surface area contributed by atoms with Crippen molar-refractivity contribution in [3.63, 3.8) is 0 Å². The van der Waals surface area contributed by atoms with Gasteiger partial charge in [-0.3, -0.25) is 28.8 Å². The summed E-state index contributed by atoms with van der Waals surface area (Å²) in [6.45, 7) is 20.2. The van der Waals surface area contributed by atoms with Crippen LogP contribution in [0.25, 0.3) is 20.9 Å². The quantitative estimate of drug-likeness (QED) is 0.0663. The van der Waals surface area contributed by atoms with Crippen LogP contribution in [0.3, 0.4) is 0 Å². The highest BCUT2D eigenvalue weighted by molar-refractivity contribution is 7.13. The number of aromatic nitrogens is 2. The number of ketones is 2. The third-order valence-electron chi connectivity index (χ3n) is 12.8. The van der Waals surface area contributed by atoms with Crippen LogP contribution in [0.1, 0.15) is 148 Å². The van der Waals surface area contributed by atoms with E-state index in [2.05, 4.69) is 58.2 Å². The highest BCUT2D eigenvalue weighted by Gasteiger charge is 2.43. The summed E-state index contributed by atoms with van der Waals surface area (Å²) in [6, 6.07) is 14.7. The fourth-order valence-electron chi connectivity index (χ4n) is 8.43. The van der Waals surface area contributed by atoms with Gasteiger partial charge in [0.1, 0.15) is 0 Å². The molecule has 2 saturated heterocycles. The Morgan fingerprint density at radius 1 is 0.707 bits per heavy atom. The highest BCUT2D eigenvalue weighted by atomic mass is 32.1. The number of β-amino-alcohol motifs (C(OH)–C–C–N with tert-alkyl or cyclic N) is 2. The largest absolute Gasteiger partial charge is 0.481 e. The molecule has 2 aromatic carbocycles. The van der Waals surface area contributed by atoms with Gasteiger partial charge >= 0.3 is 5.97 Å². The Morgan fingerprint density at radius 3 is 1.43 bits per heavy atom. The molecule has 7 N–H and O–H groups in total. The van der Waals surface area contributed by atoms with Gasteiger partial charge in [0.2, 0.25) is 17.7 Å². The molecule has 15 nitrogen and oxygen atoms in total. The first kappa shape index (κ1) is 63.2. The molecule has 2 aliphatic heterocycles. The maximum absolute atomic E-state index is 13.1. The van der Waals surface area contributed by atoms with Crippen LogP contribution in [-0.2, 0) is 28.8 Å². The van der Waals surface area contributed by atoms with E-state index in [1.165, 1.54) is 9.78 Å². The molecule has 4 heterocycles. The normalized spacial score (nSPS) is 18.3. The van der Waals surface area contributed by atoms with Gasteiger partial charge in [-0.05, 0) is 58.8 Å². The first-order chi connectivity index (χ1) is 35.1. The zero-order valence-corrected chi connectivity index (χ0v) is 46.9. The number of aliphatic hydroxyl groups excluding tert-OH is 2. The average Bonchev–Trinajstić information content (AvgIpc) is 4.16. The topological polar surface area (TPSA) is 247 Å². The number of thiazole rings is 2. The summed E-state index contributed by atoms with van der Waals surface area (Å²) in [4.78, 5) is 85.3. The fraction of sp³-hybridized carbons (Fsp3) is 0.517. The van der Waals surface area contributed by atoms with Crippen LogP contribution in [-0.4, -0.2) is 114 Å². The molecule has 0 bridgehead atoms. The van der Waals surface area contributed by atoms with E-state index in [-0.39, 0.29) is 72.5 Å². The zero-order chi connectivity index (χ0) is 56.4. The van der Waals surface area contributed by atoms with E-state index in [4.69, 9.17) is 29.4 Å². The van der Waals surface area contributed by atoms with Crippen LogP contribution in [0, 0.1) is 49.4 Å². The summed E-state index contributed by atoms with van der Waals surface area (Å²) in [6.07, 6.45) is 11.1. The van der Waals surface area contributed by atoms with Crippen LogP contribution in [0.15, 0.2) is 59.6 Å². The summed E-state index contributed by atoms with van der Waals surface area (Å²) < 4.78 is 0. The summed E-state index contributed by atoms with van der Waals surface area (Å²) in [5, 5.41) is 28.2. The molecular formula is C58H78N6O9S2. The van der Waals surface area contributed by atoms with Crippen molar-refractivity contribution >= 4 is 57.9 Å². The van der Waals surface area contributed by atoms with Crippen LogP contribution in [0.4, 0.5) is 0 Å². The number of aliphatic hydroxyl groups is 2. The van der Waals surface area contributed by atoms with Crippen molar-refractivity contribution in [2.45, 2.75) is 169 Å². The van der Waals surface area contributed by atoms with Crippen molar-refractivity contribution in [1.29, 1.82) is 0 Å². The Hall–Kier alpha value is -6.08.